The molecule has 31 heavy (non-hydrogen) atoms. The molecule has 0 saturated heterocycles. The molecule has 4 rings (SSSR count). The van der Waals surface area contributed by atoms with Crippen LogP contribution in [0, 0.1) is 5.82 Å². The zero-order chi connectivity index (χ0) is 22.2. The zero-order valence-corrected chi connectivity index (χ0v) is 17.3. The third kappa shape index (κ3) is 4.15. The van der Waals surface area contributed by atoms with Crippen molar-refractivity contribution in [3.05, 3.63) is 89.3 Å². The number of halogens is 5. The molecule has 9 heteroatoms. The maximum Gasteiger partial charge on any atom is 0.422 e. The van der Waals surface area contributed by atoms with Crippen LogP contribution in [0.15, 0.2) is 77.8 Å². The fourth-order valence-electron chi connectivity index (χ4n) is 3.17. The highest BCUT2D eigenvalue weighted by atomic mass is 35.5. The molecule has 1 atom stereocenters. The molecule has 0 aliphatic rings. The van der Waals surface area contributed by atoms with E-state index < -0.39 is 23.3 Å². The minimum Gasteiger partial charge on any atom is -0.376 e. The monoisotopic (exact) mass is 466 g/mol. The number of aliphatic hydroxyl groups is 1. The van der Waals surface area contributed by atoms with Gasteiger partial charge in [0, 0.05) is 16.0 Å². The van der Waals surface area contributed by atoms with E-state index in [1.54, 1.807) is 4.68 Å². The van der Waals surface area contributed by atoms with Gasteiger partial charge in [0.1, 0.15) is 5.82 Å². The molecule has 160 valence electrons. The van der Waals surface area contributed by atoms with Gasteiger partial charge in [-0.3, -0.25) is 0 Å². The summed E-state index contributed by atoms with van der Waals surface area (Å²) in [5, 5.41) is 15.4. The van der Waals surface area contributed by atoms with Crippen molar-refractivity contribution in [3.63, 3.8) is 0 Å². The minimum absolute atomic E-state index is 0.0193. The Morgan fingerprint density at radius 2 is 1.74 bits per heavy atom. The Morgan fingerprint density at radius 3 is 2.42 bits per heavy atom. The van der Waals surface area contributed by atoms with Crippen LogP contribution in [0.1, 0.15) is 5.56 Å². The Bertz CT molecular complexity index is 1230. The molecule has 0 aliphatic heterocycles. The van der Waals surface area contributed by atoms with Crippen molar-refractivity contribution in [1.82, 2.24) is 9.78 Å². The summed E-state index contributed by atoms with van der Waals surface area (Å²) in [6, 6.07) is 16.6. The Labute approximate surface area is 184 Å². The van der Waals surface area contributed by atoms with Gasteiger partial charge in [0.05, 0.1) is 22.4 Å². The molecule has 0 radical (unpaired) electrons. The number of hydrogen-bond acceptors (Lipinski definition) is 3. The summed E-state index contributed by atoms with van der Waals surface area (Å²) in [5.41, 5.74) is -2.09. The maximum absolute atomic E-state index is 14.0. The highest BCUT2D eigenvalue weighted by molar-refractivity contribution is 7.99. The van der Waals surface area contributed by atoms with Crippen molar-refractivity contribution in [2.45, 2.75) is 16.7 Å². The smallest absolute Gasteiger partial charge is 0.376 e. The Kier molecular flexibility index (Phi) is 5.72. The maximum atomic E-state index is 14.0. The zero-order valence-electron chi connectivity index (χ0n) is 15.8. The molecule has 1 unspecified atom stereocenters. The van der Waals surface area contributed by atoms with E-state index in [0.29, 0.717) is 22.7 Å². The van der Waals surface area contributed by atoms with E-state index in [9.17, 15) is 22.7 Å². The normalized spacial score (nSPS) is 14.0. The van der Waals surface area contributed by atoms with E-state index in [-0.39, 0.29) is 15.5 Å². The molecule has 1 heterocycles. The first kappa shape index (κ1) is 21.7. The van der Waals surface area contributed by atoms with E-state index in [4.69, 9.17) is 11.6 Å². The van der Waals surface area contributed by atoms with E-state index >= 15 is 0 Å². The molecular weight excluding hydrogens is 452 g/mol. The minimum atomic E-state index is -4.95. The number of rotatable bonds is 5. The molecule has 3 nitrogen and oxygen atoms in total. The van der Waals surface area contributed by atoms with Crippen LogP contribution >= 0.6 is 23.4 Å². The second-order valence-corrected chi connectivity index (χ2v) is 8.31. The van der Waals surface area contributed by atoms with E-state index in [0.717, 1.165) is 17.8 Å². The third-order valence-electron chi connectivity index (χ3n) is 4.85. The quantitative estimate of drug-likeness (QED) is 0.275. The fourth-order valence-corrected chi connectivity index (χ4v) is 4.56. The van der Waals surface area contributed by atoms with Crippen molar-refractivity contribution in [2.24, 2.45) is 0 Å². The first-order chi connectivity index (χ1) is 14.7. The van der Waals surface area contributed by atoms with Crippen molar-refractivity contribution >= 4 is 34.3 Å². The first-order valence-corrected chi connectivity index (χ1v) is 10.5. The molecule has 0 amide bonds. The molecule has 1 aromatic heterocycles. The lowest BCUT2D eigenvalue weighted by Crippen LogP contribution is -2.44. The van der Waals surface area contributed by atoms with Gasteiger partial charge in [-0.05, 0) is 48.0 Å². The number of fused-ring (bicyclic) bond motifs is 1. The van der Waals surface area contributed by atoms with Crippen molar-refractivity contribution in [1.29, 1.82) is 0 Å². The molecule has 0 fully saturated rings. The fraction of sp³-hybridized carbons (Fsp3) is 0.136. The van der Waals surface area contributed by atoms with Gasteiger partial charge >= 0.3 is 6.18 Å². The van der Waals surface area contributed by atoms with Crippen LogP contribution in [0.3, 0.4) is 0 Å². The second-order valence-electron chi connectivity index (χ2n) is 6.89. The largest absolute Gasteiger partial charge is 0.422 e. The van der Waals surface area contributed by atoms with Gasteiger partial charge in [0.2, 0.25) is 0 Å². The molecule has 0 saturated carbocycles. The number of benzene rings is 3. The molecule has 0 aliphatic carbocycles. The summed E-state index contributed by atoms with van der Waals surface area (Å²) < 4.78 is 56.7. The predicted octanol–water partition coefficient (Wildman–Crippen LogP) is 6.36. The molecule has 0 spiro atoms. The molecule has 1 N–H and O–H groups in total. The Morgan fingerprint density at radius 1 is 1.00 bits per heavy atom. The highest BCUT2D eigenvalue weighted by Gasteiger charge is 2.55. The summed E-state index contributed by atoms with van der Waals surface area (Å²) in [6.07, 6.45) is -3.50. The first-order valence-electron chi connectivity index (χ1n) is 9.10. The van der Waals surface area contributed by atoms with Gasteiger partial charge in [0.15, 0.2) is 5.60 Å². The van der Waals surface area contributed by atoms with Gasteiger partial charge in [-0.25, -0.2) is 9.07 Å². The van der Waals surface area contributed by atoms with Crippen LogP contribution in [0.2, 0.25) is 5.02 Å². The highest BCUT2D eigenvalue weighted by Crippen LogP contribution is 2.44. The van der Waals surface area contributed by atoms with Crippen LogP contribution in [0.5, 0.6) is 0 Å². The average Bonchev–Trinajstić information content (AvgIpc) is 3.16. The molecule has 4 aromatic rings. The SMILES string of the molecule is OC(CSc1ccc(F)cc1Cl)(c1ccc2c(cnn2-c2ccccc2)c1)C(F)(F)F. The average molecular weight is 467 g/mol. The topological polar surface area (TPSA) is 38.1 Å². The number of nitrogens with zero attached hydrogens (tertiary/aromatic N) is 2. The number of alkyl halides is 3. The summed E-state index contributed by atoms with van der Waals surface area (Å²) in [7, 11) is 0. The molecule has 0 bridgehead atoms. The summed E-state index contributed by atoms with van der Waals surface area (Å²) in [4.78, 5) is 0.240. The summed E-state index contributed by atoms with van der Waals surface area (Å²) >= 11 is 6.63. The van der Waals surface area contributed by atoms with Crippen LogP contribution in [0.25, 0.3) is 16.6 Å². The van der Waals surface area contributed by atoms with Crippen molar-refractivity contribution in [2.75, 3.05) is 5.75 Å². The van der Waals surface area contributed by atoms with Gasteiger partial charge in [-0.15, -0.1) is 11.8 Å². The third-order valence-corrected chi connectivity index (χ3v) is 6.50. The second kappa shape index (κ2) is 8.18. The molecule has 3 aromatic carbocycles. The summed E-state index contributed by atoms with van der Waals surface area (Å²) in [6.45, 7) is 0. The van der Waals surface area contributed by atoms with Crippen molar-refractivity contribution < 1.29 is 22.7 Å². The van der Waals surface area contributed by atoms with Crippen LogP contribution in [0.4, 0.5) is 17.6 Å². The lowest BCUT2D eigenvalue weighted by molar-refractivity contribution is -0.256. The lowest BCUT2D eigenvalue weighted by Gasteiger charge is -2.31. The molecular formula is C22H15ClF4N2OS. The van der Waals surface area contributed by atoms with Gasteiger partial charge < -0.3 is 5.11 Å². The Balaban J connectivity index is 1.70. The predicted molar refractivity (Wildman–Crippen MR) is 113 cm³/mol. The standard InChI is InChI=1S/C22H15ClF4N2OS/c23-18-11-16(24)7-9-20(18)31-13-21(30,22(25,26)27)15-6-8-19-14(10-15)12-28-29(19)17-4-2-1-3-5-17/h1-12,30H,13H2. The van der Waals surface area contributed by atoms with E-state index in [2.05, 4.69) is 5.10 Å². The number of para-hydroxylation sites is 1. The van der Waals surface area contributed by atoms with Crippen LogP contribution < -0.4 is 0 Å². The number of hydrogen-bond donors (Lipinski definition) is 1. The number of aromatic nitrogens is 2. The lowest BCUT2D eigenvalue weighted by atomic mass is 9.94. The summed E-state index contributed by atoms with van der Waals surface area (Å²) in [5.74, 6) is -1.35. The van der Waals surface area contributed by atoms with Crippen molar-refractivity contribution in [3.8, 4) is 5.69 Å². The van der Waals surface area contributed by atoms with Gasteiger partial charge in [-0.1, -0.05) is 35.9 Å². The van der Waals surface area contributed by atoms with Gasteiger partial charge in [0.25, 0.3) is 0 Å². The van der Waals surface area contributed by atoms with Gasteiger partial charge in [-0.2, -0.15) is 18.3 Å². The van der Waals surface area contributed by atoms with Crippen LogP contribution in [-0.2, 0) is 5.60 Å². The van der Waals surface area contributed by atoms with E-state index in [1.807, 2.05) is 30.3 Å². The Hall–Kier alpha value is -2.55. The van der Waals surface area contributed by atoms with Crippen LogP contribution in [-0.4, -0.2) is 26.8 Å². The van der Waals surface area contributed by atoms with E-state index in [1.165, 1.54) is 30.5 Å². The number of thioether (sulfide) groups is 1.